The van der Waals surface area contributed by atoms with Crippen LogP contribution in [0.3, 0.4) is 0 Å². The number of aromatic hydroxyl groups is 1. The molecule has 0 amide bonds. The SMILES string of the molecule is CC[C@H]1CC[C@H]2c3ccc4cc(O)ccc4c3CC[C@]12C. The zero-order chi connectivity index (χ0) is 14.6. The smallest absolute Gasteiger partial charge is 0.116 e. The Morgan fingerprint density at radius 1 is 1.19 bits per heavy atom. The molecule has 3 atom stereocenters. The van der Waals surface area contributed by atoms with Gasteiger partial charge in [0.1, 0.15) is 5.75 Å². The number of hydrogen-bond acceptors (Lipinski definition) is 1. The average molecular weight is 280 g/mol. The largest absolute Gasteiger partial charge is 0.508 e. The summed E-state index contributed by atoms with van der Waals surface area (Å²) in [7, 11) is 0. The number of rotatable bonds is 1. The normalized spacial score (nSPS) is 31.1. The molecule has 2 aromatic carbocycles. The quantitative estimate of drug-likeness (QED) is 0.741. The van der Waals surface area contributed by atoms with Gasteiger partial charge in [0.25, 0.3) is 0 Å². The summed E-state index contributed by atoms with van der Waals surface area (Å²) >= 11 is 0. The number of benzene rings is 2. The van der Waals surface area contributed by atoms with E-state index in [1.54, 1.807) is 11.1 Å². The van der Waals surface area contributed by atoms with Gasteiger partial charge in [0, 0.05) is 0 Å². The van der Waals surface area contributed by atoms with Crippen molar-refractivity contribution in [3.05, 3.63) is 41.5 Å². The van der Waals surface area contributed by atoms with Crippen LogP contribution in [0.15, 0.2) is 30.3 Å². The van der Waals surface area contributed by atoms with Crippen LogP contribution in [0.1, 0.15) is 56.6 Å². The average Bonchev–Trinajstić information content (AvgIpc) is 2.83. The van der Waals surface area contributed by atoms with Crippen molar-refractivity contribution in [2.24, 2.45) is 11.3 Å². The van der Waals surface area contributed by atoms with Gasteiger partial charge in [-0.25, -0.2) is 0 Å². The zero-order valence-corrected chi connectivity index (χ0v) is 13.0. The molecule has 2 aliphatic rings. The van der Waals surface area contributed by atoms with E-state index in [-0.39, 0.29) is 0 Å². The molecule has 0 spiro atoms. The molecule has 0 aromatic heterocycles. The van der Waals surface area contributed by atoms with Crippen LogP contribution in [-0.2, 0) is 6.42 Å². The standard InChI is InChI=1S/C20H24O/c1-3-14-5-9-19-18-7-4-13-12-15(21)6-8-16(13)17(18)10-11-20(14,19)2/h4,6-8,12,14,19,21H,3,5,9-11H2,1-2H3/t14-,19-,20+/m0/s1. The van der Waals surface area contributed by atoms with E-state index >= 15 is 0 Å². The van der Waals surface area contributed by atoms with Gasteiger partial charge in [-0.2, -0.15) is 0 Å². The predicted molar refractivity (Wildman–Crippen MR) is 87.8 cm³/mol. The van der Waals surface area contributed by atoms with Crippen LogP contribution >= 0.6 is 0 Å². The van der Waals surface area contributed by atoms with Crippen LogP contribution in [0.4, 0.5) is 0 Å². The van der Waals surface area contributed by atoms with Crippen molar-refractivity contribution in [3.8, 4) is 5.75 Å². The van der Waals surface area contributed by atoms with Gasteiger partial charge in [-0.3, -0.25) is 0 Å². The molecule has 0 aliphatic heterocycles. The molecule has 1 fully saturated rings. The lowest BCUT2D eigenvalue weighted by Crippen LogP contribution is -2.32. The molecule has 1 nitrogen and oxygen atoms in total. The van der Waals surface area contributed by atoms with Crippen LogP contribution in [-0.4, -0.2) is 5.11 Å². The van der Waals surface area contributed by atoms with Crippen molar-refractivity contribution in [2.45, 2.75) is 51.9 Å². The van der Waals surface area contributed by atoms with E-state index < -0.39 is 0 Å². The summed E-state index contributed by atoms with van der Waals surface area (Å²) in [6.45, 7) is 4.89. The number of hydrogen-bond donors (Lipinski definition) is 1. The molecular weight excluding hydrogens is 256 g/mol. The lowest BCUT2D eigenvalue weighted by Gasteiger charge is -2.42. The third kappa shape index (κ3) is 1.76. The molecule has 0 unspecified atom stereocenters. The van der Waals surface area contributed by atoms with Crippen LogP contribution < -0.4 is 0 Å². The molecule has 21 heavy (non-hydrogen) atoms. The Kier molecular flexibility index (Phi) is 2.82. The van der Waals surface area contributed by atoms with E-state index in [9.17, 15) is 5.11 Å². The Morgan fingerprint density at radius 3 is 2.86 bits per heavy atom. The summed E-state index contributed by atoms with van der Waals surface area (Å²) in [5, 5.41) is 12.2. The summed E-state index contributed by atoms with van der Waals surface area (Å²) in [5.74, 6) is 2.01. The van der Waals surface area contributed by atoms with Crippen molar-refractivity contribution in [1.82, 2.24) is 0 Å². The molecule has 2 aromatic rings. The van der Waals surface area contributed by atoms with Crippen molar-refractivity contribution in [3.63, 3.8) is 0 Å². The summed E-state index contributed by atoms with van der Waals surface area (Å²) < 4.78 is 0. The summed E-state index contributed by atoms with van der Waals surface area (Å²) in [4.78, 5) is 0. The van der Waals surface area contributed by atoms with Gasteiger partial charge >= 0.3 is 0 Å². The topological polar surface area (TPSA) is 20.2 Å². The van der Waals surface area contributed by atoms with E-state index in [0.717, 1.165) is 11.8 Å². The van der Waals surface area contributed by atoms with E-state index in [4.69, 9.17) is 0 Å². The molecule has 1 N–H and O–H groups in total. The maximum atomic E-state index is 9.69. The Hall–Kier alpha value is -1.50. The monoisotopic (exact) mass is 280 g/mol. The Balaban J connectivity index is 1.88. The predicted octanol–water partition coefficient (Wildman–Crippen LogP) is 5.40. The molecule has 0 saturated heterocycles. The molecule has 0 heterocycles. The van der Waals surface area contributed by atoms with Crippen molar-refractivity contribution < 1.29 is 5.11 Å². The number of phenols is 1. The Bertz CT molecular complexity index is 702. The minimum atomic E-state index is 0.370. The van der Waals surface area contributed by atoms with Gasteiger partial charge in [-0.15, -0.1) is 0 Å². The molecule has 1 heteroatoms. The maximum absolute atomic E-state index is 9.69. The highest BCUT2D eigenvalue weighted by atomic mass is 16.3. The molecular formula is C20H24O. The first kappa shape index (κ1) is 13.2. The van der Waals surface area contributed by atoms with Crippen molar-refractivity contribution in [1.29, 1.82) is 0 Å². The lowest BCUT2D eigenvalue weighted by atomic mass is 9.62. The van der Waals surface area contributed by atoms with Gasteiger partial charge in [0.2, 0.25) is 0 Å². The third-order valence-corrected chi connectivity index (χ3v) is 6.47. The lowest BCUT2D eigenvalue weighted by molar-refractivity contribution is 0.168. The first-order valence-electron chi connectivity index (χ1n) is 8.38. The van der Waals surface area contributed by atoms with E-state index in [1.165, 1.54) is 42.9 Å². The van der Waals surface area contributed by atoms with Crippen molar-refractivity contribution in [2.75, 3.05) is 0 Å². The Labute approximate surface area is 127 Å². The maximum Gasteiger partial charge on any atom is 0.116 e. The van der Waals surface area contributed by atoms with E-state index in [2.05, 4.69) is 32.0 Å². The molecule has 0 bridgehead atoms. The summed E-state index contributed by atoms with van der Waals surface area (Å²) in [5.41, 5.74) is 3.65. The Morgan fingerprint density at radius 2 is 2.05 bits per heavy atom. The fourth-order valence-corrected chi connectivity index (χ4v) is 5.27. The molecule has 4 rings (SSSR count). The summed E-state index contributed by atoms with van der Waals surface area (Å²) in [6, 6.07) is 10.4. The first-order valence-corrected chi connectivity index (χ1v) is 8.38. The van der Waals surface area contributed by atoms with E-state index in [0.29, 0.717) is 11.2 Å². The van der Waals surface area contributed by atoms with Crippen LogP contribution in [0, 0.1) is 11.3 Å². The third-order valence-electron chi connectivity index (χ3n) is 6.47. The number of aryl methyl sites for hydroxylation is 1. The molecule has 1 saturated carbocycles. The second-order valence-corrected chi connectivity index (χ2v) is 7.28. The van der Waals surface area contributed by atoms with Gasteiger partial charge < -0.3 is 5.11 Å². The second-order valence-electron chi connectivity index (χ2n) is 7.28. The fraction of sp³-hybridized carbons (Fsp3) is 0.500. The van der Waals surface area contributed by atoms with Gasteiger partial charge in [-0.05, 0) is 77.0 Å². The molecule has 110 valence electrons. The molecule has 0 radical (unpaired) electrons. The van der Waals surface area contributed by atoms with Crippen LogP contribution in [0.5, 0.6) is 5.75 Å². The first-order chi connectivity index (χ1) is 10.1. The van der Waals surface area contributed by atoms with Crippen LogP contribution in [0.25, 0.3) is 10.8 Å². The highest BCUT2D eigenvalue weighted by Gasteiger charge is 2.48. The van der Waals surface area contributed by atoms with Gasteiger partial charge in [0.15, 0.2) is 0 Å². The fourth-order valence-electron chi connectivity index (χ4n) is 5.27. The second kappa shape index (κ2) is 4.50. The number of phenolic OH excluding ortho intramolecular Hbond substituents is 1. The van der Waals surface area contributed by atoms with Gasteiger partial charge in [0.05, 0.1) is 0 Å². The minimum Gasteiger partial charge on any atom is -0.508 e. The highest BCUT2D eigenvalue weighted by molar-refractivity contribution is 5.88. The highest BCUT2D eigenvalue weighted by Crippen LogP contribution is 2.60. The molecule has 2 aliphatic carbocycles. The van der Waals surface area contributed by atoms with Crippen molar-refractivity contribution >= 4 is 10.8 Å². The zero-order valence-electron chi connectivity index (χ0n) is 13.0. The van der Waals surface area contributed by atoms with Crippen LogP contribution in [0.2, 0.25) is 0 Å². The number of fused-ring (bicyclic) bond motifs is 5. The van der Waals surface area contributed by atoms with E-state index in [1.807, 2.05) is 12.1 Å². The summed E-state index contributed by atoms with van der Waals surface area (Å²) in [6.07, 6.45) is 6.59. The minimum absolute atomic E-state index is 0.370. The van der Waals surface area contributed by atoms with Gasteiger partial charge in [-0.1, -0.05) is 38.5 Å².